The van der Waals surface area contributed by atoms with Crippen molar-refractivity contribution in [3.05, 3.63) is 46.8 Å². The number of aromatic nitrogens is 2. The Morgan fingerprint density at radius 2 is 1.97 bits per heavy atom. The fourth-order valence-electron chi connectivity index (χ4n) is 4.32. The van der Waals surface area contributed by atoms with Crippen LogP contribution in [-0.2, 0) is 4.79 Å². The van der Waals surface area contributed by atoms with Gasteiger partial charge in [0.25, 0.3) is 5.91 Å². The number of aromatic amines is 1. The smallest absolute Gasteiger partial charge is 0.269 e. The molecule has 1 fully saturated rings. The van der Waals surface area contributed by atoms with Crippen LogP contribution in [0.25, 0.3) is 0 Å². The van der Waals surface area contributed by atoms with Gasteiger partial charge in [-0.1, -0.05) is 18.0 Å². The van der Waals surface area contributed by atoms with Crippen molar-refractivity contribution < 1.29 is 18.8 Å². The van der Waals surface area contributed by atoms with Gasteiger partial charge < -0.3 is 15.2 Å². The van der Waals surface area contributed by atoms with Crippen LogP contribution in [0.5, 0.6) is 0 Å². The number of Topliss-reactive ketones (excluding diaryl/α,β-unsaturated/α-hetero) is 1. The summed E-state index contributed by atoms with van der Waals surface area (Å²) in [5.41, 5.74) is 0.885. The molecule has 0 radical (unpaired) electrons. The van der Waals surface area contributed by atoms with Gasteiger partial charge in [0.2, 0.25) is 5.91 Å². The average Bonchev–Trinajstić information content (AvgIpc) is 3.28. The molecule has 0 aliphatic heterocycles. The molecule has 0 spiro atoms. The lowest BCUT2D eigenvalue weighted by Gasteiger charge is -2.31. The lowest BCUT2D eigenvalue weighted by Crippen LogP contribution is -2.35. The van der Waals surface area contributed by atoms with Crippen LogP contribution >= 0.6 is 11.6 Å². The van der Waals surface area contributed by atoms with Gasteiger partial charge >= 0.3 is 0 Å². The first kappa shape index (κ1) is 23.9. The molecule has 0 bridgehead atoms. The molecule has 1 aromatic carbocycles. The van der Waals surface area contributed by atoms with E-state index in [1.807, 2.05) is 0 Å². The van der Waals surface area contributed by atoms with Crippen molar-refractivity contribution in [3.8, 4) is 0 Å². The lowest BCUT2D eigenvalue weighted by atomic mass is 9.79. The van der Waals surface area contributed by atoms with Crippen LogP contribution in [0.15, 0.2) is 24.5 Å². The monoisotopic (exact) mass is 462 g/mol. The lowest BCUT2D eigenvalue weighted by molar-refractivity contribution is -0.123. The number of rotatable bonds is 8. The Labute approximate surface area is 191 Å². The van der Waals surface area contributed by atoms with Gasteiger partial charge in [-0.3, -0.25) is 14.4 Å². The van der Waals surface area contributed by atoms with Crippen LogP contribution in [0.3, 0.4) is 0 Å². The molecule has 2 N–H and O–H groups in total. The minimum atomic E-state index is -0.435. The summed E-state index contributed by atoms with van der Waals surface area (Å²) in [6.45, 7) is 0. The van der Waals surface area contributed by atoms with Crippen molar-refractivity contribution in [1.29, 1.82) is 0 Å². The summed E-state index contributed by atoms with van der Waals surface area (Å²) in [6.07, 6.45) is 6.69. The first-order valence-electron chi connectivity index (χ1n) is 10.8. The second-order valence-corrected chi connectivity index (χ2v) is 8.64. The number of ketones is 1. The maximum Gasteiger partial charge on any atom is 0.269 e. The number of H-pyrrole nitrogens is 1. The van der Waals surface area contributed by atoms with E-state index in [1.165, 1.54) is 36.5 Å². The van der Waals surface area contributed by atoms with Gasteiger partial charge in [-0.15, -0.1) is 0 Å². The normalized spacial score (nSPS) is 18.2. The maximum absolute atomic E-state index is 13.3. The summed E-state index contributed by atoms with van der Waals surface area (Å²) in [4.78, 5) is 45.3. The maximum atomic E-state index is 13.3. The summed E-state index contributed by atoms with van der Waals surface area (Å²) in [5.74, 6) is -0.572. The molecular weight excluding hydrogens is 435 g/mol. The second kappa shape index (κ2) is 10.7. The van der Waals surface area contributed by atoms with E-state index < -0.39 is 5.82 Å². The molecule has 7 nitrogen and oxygen atoms in total. The number of nitrogens with one attached hydrogen (secondary N) is 2. The van der Waals surface area contributed by atoms with E-state index in [-0.39, 0.29) is 39.9 Å². The Morgan fingerprint density at radius 3 is 2.62 bits per heavy atom. The third kappa shape index (κ3) is 5.54. The van der Waals surface area contributed by atoms with Crippen molar-refractivity contribution in [2.75, 3.05) is 19.0 Å². The molecule has 1 saturated carbocycles. The highest BCUT2D eigenvalue weighted by atomic mass is 35.5. The van der Waals surface area contributed by atoms with Crippen molar-refractivity contribution in [2.45, 2.75) is 44.9 Å². The van der Waals surface area contributed by atoms with Crippen LogP contribution in [0.1, 0.15) is 65.9 Å². The van der Waals surface area contributed by atoms with E-state index in [2.05, 4.69) is 15.3 Å². The number of amides is 2. The number of carbonyl (C=O) groups is 3. The van der Waals surface area contributed by atoms with E-state index in [9.17, 15) is 18.8 Å². The van der Waals surface area contributed by atoms with E-state index in [0.717, 1.165) is 32.1 Å². The largest absolute Gasteiger partial charge is 0.354 e. The second-order valence-electron chi connectivity index (χ2n) is 8.23. The van der Waals surface area contributed by atoms with Crippen molar-refractivity contribution >= 4 is 34.9 Å². The van der Waals surface area contributed by atoms with E-state index in [4.69, 9.17) is 11.6 Å². The molecule has 1 aliphatic rings. The summed E-state index contributed by atoms with van der Waals surface area (Å²) < 4.78 is 13.3. The summed E-state index contributed by atoms with van der Waals surface area (Å²) in [7, 11) is 3.17. The Bertz CT molecular complexity index is 985. The Morgan fingerprint density at radius 1 is 1.25 bits per heavy atom. The molecule has 0 saturated heterocycles. The highest BCUT2D eigenvalue weighted by Gasteiger charge is 2.29. The molecule has 0 atom stereocenters. The molecular formula is C23H28ClFN4O3. The highest BCUT2D eigenvalue weighted by molar-refractivity contribution is 6.33. The zero-order valence-electron chi connectivity index (χ0n) is 18.3. The fourth-order valence-corrected chi connectivity index (χ4v) is 4.61. The third-order valence-corrected chi connectivity index (χ3v) is 6.47. The van der Waals surface area contributed by atoms with Gasteiger partial charge in [0.15, 0.2) is 5.78 Å². The van der Waals surface area contributed by atoms with E-state index >= 15 is 0 Å². The fraction of sp³-hybridized carbons (Fsp3) is 0.478. The van der Waals surface area contributed by atoms with Gasteiger partial charge in [-0.05, 0) is 56.2 Å². The molecule has 172 valence electrons. The van der Waals surface area contributed by atoms with Crippen LogP contribution < -0.4 is 10.2 Å². The van der Waals surface area contributed by atoms with E-state index in [0.29, 0.717) is 24.4 Å². The first-order valence-corrected chi connectivity index (χ1v) is 11.2. The molecule has 0 unspecified atom stereocenters. The molecule has 1 aromatic heterocycles. The molecule has 32 heavy (non-hydrogen) atoms. The standard InChI is InChI=1S/C23H28ClFN4O3/c1-26-22(31)21-20(27-13-28-21)19(30)5-3-4-14-6-8-15(9-7-14)23(32)29(2)18-11-10-16(25)12-17(18)24/h10-15H,3-9H2,1-2H3,(H,26,31)(H,27,28). The number of hydrogen-bond donors (Lipinski definition) is 2. The van der Waals surface area contributed by atoms with Crippen LogP contribution in [-0.4, -0.2) is 41.7 Å². The predicted molar refractivity (Wildman–Crippen MR) is 120 cm³/mol. The minimum absolute atomic E-state index is 0.00704. The highest BCUT2D eigenvalue weighted by Crippen LogP contribution is 2.35. The molecule has 2 aromatic rings. The Kier molecular flexibility index (Phi) is 8.01. The van der Waals surface area contributed by atoms with Crippen molar-refractivity contribution in [1.82, 2.24) is 15.3 Å². The first-order chi connectivity index (χ1) is 15.3. The van der Waals surface area contributed by atoms with Gasteiger partial charge in [-0.2, -0.15) is 0 Å². The predicted octanol–water partition coefficient (Wildman–Crippen LogP) is 4.38. The van der Waals surface area contributed by atoms with Crippen molar-refractivity contribution in [2.24, 2.45) is 11.8 Å². The van der Waals surface area contributed by atoms with Crippen LogP contribution in [0.2, 0.25) is 5.02 Å². The molecule has 1 heterocycles. The summed E-state index contributed by atoms with van der Waals surface area (Å²) in [6, 6.07) is 4.02. The average molecular weight is 463 g/mol. The van der Waals surface area contributed by atoms with Gasteiger partial charge in [0.1, 0.15) is 17.2 Å². The van der Waals surface area contributed by atoms with Crippen molar-refractivity contribution in [3.63, 3.8) is 0 Å². The Hall–Kier alpha value is -2.74. The van der Waals surface area contributed by atoms with Gasteiger partial charge in [-0.25, -0.2) is 9.37 Å². The quantitative estimate of drug-likeness (QED) is 0.569. The molecule has 2 amide bonds. The van der Waals surface area contributed by atoms with Gasteiger partial charge in [0, 0.05) is 26.4 Å². The summed E-state index contributed by atoms with van der Waals surface area (Å²) >= 11 is 6.10. The molecule has 1 aliphatic carbocycles. The van der Waals surface area contributed by atoms with Crippen LogP contribution in [0, 0.1) is 17.7 Å². The SMILES string of the molecule is CNC(=O)c1[nH]cnc1C(=O)CCCC1CCC(C(=O)N(C)c2ccc(F)cc2Cl)CC1. The number of hydrogen-bond acceptors (Lipinski definition) is 4. The number of benzene rings is 1. The Balaban J connectivity index is 1.45. The number of halogens is 2. The number of nitrogens with zero attached hydrogens (tertiary/aromatic N) is 2. The minimum Gasteiger partial charge on any atom is -0.354 e. The number of imidazole rings is 1. The summed E-state index contributed by atoms with van der Waals surface area (Å²) in [5, 5.41) is 2.71. The third-order valence-electron chi connectivity index (χ3n) is 6.17. The zero-order valence-corrected chi connectivity index (χ0v) is 19.0. The molecule has 9 heteroatoms. The zero-order chi connectivity index (χ0) is 23.3. The van der Waals surface area contributed by atoms with E-state index in [1.54, 1.807) is 7.05 Å². The topological polar surface area (TPSA) is 95.2 Å². The number of carbonyl (C=O) groups excluding carboxylic acids is 3. The van der Waals surface area contributed by atoms with Gasteiger partial charge in [0.05, 0.1) is 17.0 Å². The number of anilines is 1. The molecule has 3 rings (SSSR count). The van der Waals surface area contributed by atoms with Crippen LogP contribution in [0.4, 0.5) is 10.1 Å².